The Morgan fingerprint density at radius 3 is 2.27 bits per heavy atom. The third-order valence-electron chi connectivity index (χ3n) is 6.20. The molecule has 0 radical (unpaired) electrons. The van der Waals surface area contributed by atoms with Crippen molar-refractivity contribution < 1.29 is 14.3 Å². The molecule has 1 aliphatic heterocycles. The number of anilines is 2. The average Bonchev–Trinajstić information content (AvgIpc) is 3.27. The second kappa shape index (κ2) is 9.86. The first-order valence-electron chi connectivity index (χ1n) is 11.1. The summed E-state index contributed by atoms with van der Waals surface area (Å²) in [5.41, 5.74) is 5.27. The molecular formula is C27H31N3O3. The van der Waals surface area contributed by atoms with Crippen molar-refractivity contribution in [3.63, 3.8) is 0 Å². The second-order valence-electron chi connectivity index (χ2n) is 8.32. The van der Waals surface area contributed by atoms with Gasteiger partial charge in [-0.05, 0) is 47.9 Å². The van der Waals surface area contributed by atoms with Crippen LogP contribution in [0.3, 0.4) is 0 Å². The van der Waals surface area contributed by atoms with Gasteiger partial charge in [-0.3, -0.25) is 4.79 Å². The van der Waals surface area contributed by atoms with Gasteiger partial charge in [0.25, 0.3) is 5.91 Å². The lowest BCUT2D eigenvalue weighted by Gasteiger charge is -2.31. The minimum absolute atomic E-state index is 0.00508. The van der Waals surface area contributed by atoms with Gasteiger partial charge in [-0.15, -0.1) is 0 Å². The molecule has 4 rings (SSSR count). The summed E-state index contributed by atoms with van der Waals surface area (Å²) in [4.78, 5) is 17.7. The van der Waals surface area contributed by atoms with Crippen LogP contribution in [0.15, 0.2) is 66.7 Å². The van der Waals surface area contributed by atoms with Gasteiger partial charge in [0.1, 0.15) is 17.1 Å². The van der Waals surface area contributed by atoms with E-state index in [1.165, 1.54) is 11.3 Å². The first-order chi connectivity index (χ1) is 16.0. The molecule has 0 aromatic heterocycles. The zero-order valence-corrected chi connectivity index (χ0v) is 19.7. The van der Waals surface area contributed by atoms with Crippen molar-refractivity contribution in [2.24, 2.45) is 0 Å². The molecular weight excluding hydrogens is 414 g/mol. The minimum Gasteiger partial charge on any atom is -0.496 e. The number of carbonyl (C=O) groups is 1. The highest BCUT2D eigenvalue weighted by Gasteiger charge is 2.28. The van der Waals surface area contributed by atoms with E-state index in [0.717, 1.165) is 24.2 Å². The van der Waals surface area contributed by atoms with Crippen molar-refractivity contribution in [3.05, 3.63) is 83.4 Å². The number of fused-ring (bicyclic) bond motifs is 1. The van der Waals surface area contributed by atoms with Gasteiger partial charge in [0.15, 0.2) is 0 Å². The molecule has 0 aliphatic carbocycles. The number of nitrogens with one attached hydrogen (secondary N) is 1. The number of ether oxygens (including phenoxy) is 2. The molecule has 6 heteroatoms. The van der Waals surface area contributed by atoms with Crippen LogP contribution < -0.4 is 24.6 Å². The van der Waals surface area contributed by atoms with E-state index in [4.69, 9.17) is 9.47 Å². The molecule has 1 N–H and O–H groups in total. The molecule has 0 saturated carbocycles. The standard InChI is InChI=1S/C27H31N3O3/c1-29(2)21-14-12-20(13-15-21)23(30-17-16-19-8-5-6-9-22(19)30)18-28-27(31)26-24(32-3)10-7-11-25(26)33-4/h5-15,23H,16-18H2,1-4H3,(H,28,31)/t23-/m1/s1. The van der Waals surface area contributed by atoms with Gasteiger partial charge >= 0.3 is 0 Å². The SMILES string of the molecule is COc1cccc(OC)c1C(=O)NC[C@H](c1ccc(N(C)C)cc1)N1CCc2ccccc21. The van der Waals surface area contributed by atoms with Crippen molar-refractivity contribution in [2.75, 3.05) is 51.2 Å². The predicted molar refractivity (Wildman–Crippen MR) is 133 cm³/mol. The van der Waals surface area contributed by atoms with Gasteiger partial charge in [0.05, 0.1) is 20.3 Å². The summed E-state index contributed by atoms with van der Waals surface area (Å²) in [6.07, 6.45) is 0.997. The van der Waals surface area contributed by atoms with Gasteiger partial charge in [-0.2, -0.15) is 0 Å². The molecule has 0 spiro atoms. The number of methoxy groups -OCH3 is 2. The van der Waals surface area contributed by atoms with Crippen molar-refractivity contribution >= 4 is 17.3 Å². The highest BCUT2D eigenvalue weighted by molar-refractivity contribution is 5.99. The maximum absolute atomic E-state index is 13.2. The summed E-state index contributed by atoms with van der Waals surface area (Å²) < 4.78 is 10.9. The molecule has 6 nitrogen and oxygen atoms in total. The summed E-state index contributed by atoms with van der Waals surface area (Å²) in [7, 11) is 7.18. The quantitative estimate of drug-likeness (QED) is 0.560. The van der Waals surface area contributed by atoms with Crippen molar-refractivity contribution in [1.29, 1.82) is 0 Å². The molecule has 3 aromatic carbocycles. The smallest absolute Gasteiger partial charge is 0.258 e. The normalized spacial score (nSPS) is 13.3. The number of hydrogen-bond acceptors (Lipinski definition) is 5. The zero-order valence-electron chi connectivity index (χ0n) is 19.7. The Bertz CT molecular complexity index is 1090. The number of benzene rings is 3. The number of para-hydroxylation sites is 1. The molecule has 1 heterocycles. The third-order valence-corrected chi connectivity index (χ3v) is 6.20. The van der Waals surface area contributed by atoms with Crippen LogP contribution in [0.1, 0.15) is 27.5 Å². The van der Waals surface area contributed by atoms with Crippen molar-refractivity contribution in [2.45, 2.75) is 12.5 Å². The molecule has 0 saturated heterocycles. The van der Waals surface area contributed by atoms with Crippen LogP contribution in [0, 0.1) is 0 Å². The van der Waals surface area contributed by atoms with E-state index >= 15 is 0 Å². The lowest BCUT2D eigenvalue weighted by molar-refractivity contribution is 0.0944. The molecule has 1 atom stereocenters. The Hall–Kier alpha value is -3.67. The van der Waals surface area contributed by atoms with E-state index in [9.17, 15) is 4.79 Å². The van der Waals surface area contributed by atoms with Crippen molar-refractivity contribution in [1.82, 2.24) is 5.32 Å². The Morgan fingerprint density at radius 2 is 1.64 bits per heavy atom. The summed E-state index contributed by atoms with van der Waals surface area (Å²) in [5, 5.41) is 3.14. The lowest BCUT2D eigenvalue weighted by atomic mass is 10.0. The van der Waals surface area contributed by atoms with Crippen LogP contribution in [-0.2, 0) is 6.42 Å². The van der Waals surface area contributed by atoms with Crippen molar-refractivity contribution in [3.8, 4) is 11.5 Å². The topological polar surface area (TPSA) is 54.0 Å². The van der Waals surface area contributed by atoms with Crippen LogP contribution in [0.25, 0.3) is 0 Å². The average molecular weight is 446 g/mol. The molecule has 1 amide bonds. The van der Waals surface area contributed by atoms with E-state index < -0.39 is 0 Å². The van der Waals surface area contributed by atoms with Crippen LogP contribution in [0.2, 0.25) is 0 Å². The van der Waals surface area contributed by atoms with E-state index in [-0.39, 0.29) is 11.9 Å². The Morgan fingerprint density at radius 1 is 0.970 bits per heavy atom. The maximum Gasteiger partial charge on any atom is 0.258 e. The molecule has 33 heavy (non-hydrogen) atoms. The number of amides is 1. The molecule has 0 unspecified atom stereocenters. The van der Waals surface area contributed by atoms with Gasteiger partial charge in [-0.25, -0.2) is 0 Å². The van der Waals surface area contributed by atoms with Gasteiger partial charge in [0, 0.05) is 38.6 Å². The molecule has 172 valence electrons. The Labute approximate surface area is 195 Å². The van der Waals surface area contributed by atoms with E-state index in [2.05, 4.69) is 63.6 Å². The predicted octanol–water partition coefficient (Wildman–Crippen LogP) is 4.30. The fourth-order valence-corrected chi connectivity index (χ4v) is 4.44. The van der Waals surface area contributed by atoms with Crippen LogP contribution in [0.4, 0.5) is 11.4 Å². The van der Waals surface area contributed by atoms with Crippen LogP contribution in [-0.4, -0.2) is 47.3 Å². The first-order valence-corrected chi connectivity index (χ1v) is 11.1. The number of rotatable bonds is 8. The lowest BCUT2D eigenvalue weighted by Crippen LogP contribution is -2.37. The summed E-state index contributed by atoms with van der Waals surface area (Å²) in [6.45, 7) is 1.36. The highest BCUT2D eigenvalue weighted by atomic mass is 16.5. The van der Waals surface area contributed by atoms with Crippen LogP contribution in [0.5, 0.6) is 11.5 Å². The monoisotopic (exact) mass is 445 g/mol. The Balaban J connectivity index is 1.63. The summed E-state index contributed by atoms with van der Waals surface area (Å²) >= 11 is 0. The highest BCUT2D eigenvalue weighted by Crippen LogP contribution is 2.35. The zero-order chi connectivity index (χ0) is 23.4. The largest absolute Gasteiger partial charge is 0.496 e. The fourth-order valence-electron chi connectivity index (χ4n) is 4.44. The summed E-state index contributed by atoms with van der Waals surface area (Å²) in [5.74, 6) is 0.766. The van der Waals surface area contributed by atoms with Gasteiger partial charge in [0.2, 0.25) is 0 Å². The second-order valence-corrected chi connectivity index (χ2v) is 8.32. The number of carbonyl (C=O) groups excluding carboxylic acids is 1. The molecule has 1 aliphatic rings. The molecule has 3 aromatic rings. The number of hydrogen-bond donors (Lipinski definition) is 1. The minimum atomic E-state index is -0.216. The number of nitrogens with zero attached hydrogens (tertiary/aromatic N) is 2. The third kappa shape index (κ3) is 4.60. The Kier molecular flexibility index (Phi) is 6.73. The van der Waals surface area contributed by atoms with Crippen LogP contribution >= 0.6 is 0 Å². The van der Waals surface area contributed by atoms with E-state index in [0.29, 0.717) is 23.6 Å². The molecule has 0 bridgehead atoms. The maximum atomic E-state index is 13.2. The van der Waals surface area contributed by atoms with E-state index in [1.807, 2.05) is 20.2 Å². The molecule has 0 fully saturated rings. The van der Waals surface area contributed by atoms with Gasteiger partial charge in [-0.1, -0.05) is 36.4 Å². The van der Waals surface area contributed by atoms with E-state index in [1.54, 1.807) is 26.4 Å². The fraction of sp³-hybridized carbons (Fsp3) is 0.296. The van der Waals surface area contributed by atoms with Gasteiger partial charge < -0.3 is 24.6 Å². The summed E-state index contributed by atoms with van der Waals surface area (Å²) in [6, 6.07) is 22.4. The first kappa shape index (κ1) is 22.5.